The molecule has 37 heavy (non-hydrogen) atoms. The number of pyridine rings is 1. The van der Waals surface area contributed by atoms with E-state index in [-0.39, 0.29) is 0 Å². The second-order valence-corrected chi connectivity index (χ2v) is 9.08. The number of hydrogen-bond donors (Lipinski definition) is 2. The molecule has 0 aliphatic heterocycles. The lowest BCUT2D eigenvalue weighted by Crippen LogP contribution is -2.50. The van der Waals surface area contributed by atoms with E-state index >= 15 is 0 Å². The van der Waals surface area contributed by atoms with Crippen LogP contribution < -0.4 is 11.1 Å². The van der Waals surface area contributed by atoms with Crippen molar-refractivity contribution in [3.8, 4) is 6.07 Å². The Morgan fingerprint density at radius 3 is 2.51 bits per heavy atom. The zero-order chi connectivity index (χ0) is 26.5. The number of aromatic nitrogens is 1. The summed E-state index contributed by atoms with van der Waals surface area (Å²) in [6.45, 7) is 1.92. The molecule has 0 fully saturated rings. The van der Waals surface area contributed by atoms with E-state index in [4.69, 9.17) is 10.7 Å². The summed E-state index contributed by atoms with van der Waals surface area (Å²) >= 11 is 0. The number of rotatable bonds is 7. The van der Waals surface area contributed by atoms with Gasteiger partial charge in [0.15, 0.2) is 0 Å². The fraction of sp³-hybridized carbons (Fsp3) is 0.200. The minimum Gasteiger partial charge on any atom is -0.312 e. The third-order valence-corrected chi connectivity index (χ3v) is 6.39. The summed E-state index contributed by atoms with van der Waals surface area (Å²) in [4.78, 5) is 4.71. The second kappa shape index (κ2) is 11.0. The Balaban J connectivity index is 1.88. The molecule has 1 aliphatic rings. The minimum absolute atomic E-state index is 0.371. The summed E-state index contributed by atoms with van der Waals surface area (Å²) in [6.07, 6.45) is 3.87. The predicted molar refractivity (Wildman–Crippen MR) is 138 cm³/mol. The standard InChI is InChI=1S/C30H27F3N4/c1-21-13-16-27(36-20-21)29(18-22-7-3-2-4-8-22,25-11-6-12-26(15-14-25)30(31,32)33)37-28(35)24-10-5-9-23(17-24)19-34/h2-17,20,26,28,37H,18,35H2,1H3. The van der Waals surface area contributed by atoms with Crippen molar-refractivity contribution in [3.63, 3.8) is 0 Å². The van der Waals surface area contributed by atoms with Gasteiger partial charge in [0, 0.05) is 12.6 Å². The Hall–Kier alpha value is -3.99. The van der Waals surface area contributed by atoms with Crippen LogP contribution in [-0.4, -0.2) is 11.2 Å². The zero-order valence-electron chi connectivity index (χ0n) is 20.3. The summed E-state index contributed by atoms with van der Waals surface area (Å²) < 4.78 is 40.7. The Labute approximate surface area is 214 Å². The third kappa shape index (κ3) is 6.05. The van der Waals surface area contributed by atoms with E-state index < -0.39 is 23.8 Å². The first-order valence-corrected chi connectivity index (χ1v) is 11.9. The number of alkyl halides is 3. The maximum Gasteiger partial charge on any atom is 0.398 e. The summed E-state index contributed by atoms with van der Waals surface area (Å²) in [5, 5.41) is 12.9. The highest BCUT2D eigenvalue weighted by molar-refractivity contribution is 5.45. The number of aryl methyl sites for hydroxylation is 1. The van der Waals surface area contributed by atoms with Crippen LogP contribution in [-0.2, 0) is 12.0 Å². The lowest BCUT2D eigenvalue weighted by Gasteiger charge is -2.39. The normalized spacial score (nSPS) is 17.8. The smallest absolute Gasteiger partial charge is 0.312 e. The molecule has 2 aromatic carbocycles. The van der Waals surface area contributed by atoms with Gasteiger partial charge in [-0.2, -0.15) is 18.4 Å². The van der Waals surface area contributed by atoms with Crippen molar-refractivity contribution in [2.24, 2.45) is 11.7 Å². The highest BCUT2D eigenvalue weighted by Gasteiger charge is 2.41. The molecule has 0 bridgehead atoms. The summed E-state index contributed by atoms with van der Waals surface area (Å²) in [5.74, 6) is -1.71. The van der Waals surface area contributed by atoms with Crippen molar-refractivity contribution in [2.75, 3.05) is 0 Å². The van der Waals surface area contributed by atoms with Gasteiger partial charge in [-0.15, -0.1) is 0 Å². The Kier molecular flexibility index (Phi) is 7.72. The summed E-state index contributed by atoms with van der Waals surface area (Å²) in [7, 11) is 0. The first-order chi connectivity index (χ1) is 17.7. The van der Waals surface area contributed by atoms with Crippen LogP contribution in [0.1, 0.15) is 34.1 Å². The van der Waals surface area contributed by atoms with Crippen molar-refractivity contribution >= 4 is 0 Å². The largest absolute Gasteiger partial charge is 0.398 e. The molecule has 3 aromatic rings. The first kappa shape index (κ1) is 26.1. The highest BCUT2D eigenvalue weighted by Crippen LogP contribution is 2.38. The molecule has 0 saturated carbocycles. The van der Waals surface area contributed by atoms with Crippen molar-refractivity contribution in [1.82, 2.24) is 10.3 Å². The first-order valence-electron chi connectivity index (χ1n) is 11.9. The fourth-order valence-corrected chi connectivity index (χ4v) is 4.43. The number of halogens is 3. The molecular weight excluding hydrogens is 473 g/mol. The molecule has 3 N–H and O–H groups in total. The fourth-order valence-electron chi connectivity index (χ4n) is 4.43. The molecule has 0 radical (unpaired) electrons. The van der Waals surface area contributed by atoms with Crippen molar-refractivity contribution in [1.29, 1.82) is 5.26 Å². The van der Waals surface area contributed by atoms with Crippen LogP contribution in [0.2, 0.25) is 0 Å². The molecule has 0 saturated heterocycles. The van der Waals surface area contributed by atoms with Gasteiger partial charge in [0.05, 0.1) is 34.9 Å². The molecular formula is C30H27F3N4. The predicted octanol–water partition coefficient (Wildman–Crippen LogP) is 6.18. The number of benzene rings is 2. The van der Waals surface area contributed by atoms with E-state index in [1.54, 1.807) is 30.5 Å². The van der Waals surface area contributed by atoms with Crippen molar-refractivity contribution in [2.45, 2.75) is 31.2 Å². The molecule has 4 rings (SSSR count). The average Bonchev–Trinajstić information content (AvgIpc) is 3.16. The Morgan fingerprint density at radius 1 is 1.05 bits per heavy atom. The molecule has 1 aromatic heterocycles. The lowest BCUT2D eigenvalue weighted by molar-refractivity contribution is -0.148. The van der Waals surface area contributed by atoms with Crippen LogP contribution in [0.25, 0.3) is 0 Å². The van der Waals surface area contributed by atoms with Gasteiger partial charge in [0.1, 0.15) is 0 Å². The monoisotopic (exact) mass is 500 g/mol. The molecule has 3 atom stereocenters. The quantitative estimate of drug-likeness (QED) is 0.380. The van der Waals surface area contributed by atoms with Gasteiger partial charge >= 0.3 is 6.18 Å². The van der Waals surface area contributed by atoms with E-state index in [1.165, 1.54) is 12.2 Å². The Bertz CT molecular complexity index is 1350. The number of nitrogens with two attached hydrogens (primary N) is 1. The maximum atomic E-state index is 13.6. The third-order valence-electron chi connectivity index (χ3n) is 6.39. The molecule has 188 valence electrons. The molecule has 7 heteroatoms. The number of hydrogen-bond acceptors (Lipinski definition) is 4. The Morgan fingerprint density at radius 2 is 1.84 bits per heavy atom. The van der Waals surface area contributed by atoms with E-state index in [2.05, 4.69) is 11.4 Å². The van der Waals surface area contributed by atoms with Crippen LogP contribution in [0.4, 0.5) is 13.2 Å². The van der Waals surface area contributed by atoms with Gasteiger partial charge in [-0.3, -0.25) is 10.3 Å². The topological polar surface area (TPSA) is 74.7 Å². The van der Waals surface area contributed by atoms with E-state index in [0.717, 1.165) is 23.3 Å². The van der Waals surface area contributed by atoms with Crippen LogP contribution in [0, 0.1) is 24.2 Å². The summed E-state index contributed by atoms with van der Waals surface area (Å²) in [6, 6.07) is 22.5. The van der Waals surface area contributed by atoms with E-state index in [1.807, 2.05) is 55.5 Å². The zero-order valence-corrected chi connectivity index (χ0v) is 20.3. The molecule has 0 amide bonds. The van der Waals surface area contributed by atoms with Crippen LogP contribution >= 0.6 is 0 Å². The SMILES string of the molecule is Cc1ccc(C(Cc2ccccc2)(NC(N)c2cccc(C#N)c2)C2=CC=CC(C(F)(F)F)C=C2)nc1. The minimum atomic E-state index is -4.40. The van der Waals surface area contributed by atoms with Crippen LogP contribution in [0.5, 0.6) is 0 Å². The van der Waals surface area contributed by atoms with Crippen LogP contribution in [0.15, 0.2) is 109 Å². The van der Waals surface area contributed by atoms with Gasteiger partial charge < -0.3 is 5.73 Å². The molecule has 3 unspecified atom stereocenters. The average molecular weight is 501 g/mol. The number of allylic oxidation sites excluding steroid dienone is 4. The van der Waals surface area contributed by atoms with Crippen molar-refractivity contribution in [3.05, 3.63) is 137 Å². The lowest BCUT2D eigenvalue weighted by atomic mass is 9.78. The molecule has 4 nitrogen and oxygen atoms in total. The number of nitriles is 1. The molecule has 1 heterocycles. The van der Waals surface area contributed by atoms with E-state index in [9.17, 15) is 18.4 Å². The molecule has 0 spiro atoms. The van der Waals surface area contributed by atoms with Crippen molar-refractivity contribution < 1.29 is 13.2 Å². The maximum absolute atomic E-state index is 13.6. The van der Waals surface area contributed by atoms with Gasteiger partial charge in [-0.25, -0.2) is 0 Å². The van der Waals surface area contributed by atoms with E-state index in [0.29, 0.717) is 28.8 Å². The van der Waals surface area contributed by atoms with Gasteiger partial charge in [0.25, 0.3) is 0 Å². The number of nitrogens with zero attached hydrogens (tertiary/aromatic N) is 2. The van der Waals surface area contributed by atoms with Gasteiger partial charge in [-0.1, -0.05) is 78.9 Å². The highest BCUT2D eigenvalue weighted by atomic mass is 19.4. The number of nitrogens with one attached hydrogen (secondary N) is 1. The second-order valence-electron chi connectivity index (χ2n) is 9.08. The van der Waals surface area contributed by atoms with Crippen LogP contribution in [0.3, 0.4) is 0 Å². The molecule has 1 aliphatic carbocycles. The van der Waals surface area contributed by atoms with Gasteiger partial charge in [-0.05, 0) is 47.4 Å². The summed E-state index contributed by atoms with van der Waals surface area (Å²) in [5.41, 5.74) is 9.82. The van der Waals surface area contributed by atoms with Gasteiger partial charge in [0.2, 0.25) is 0 Å².